The van der Waals surface area contributed by atoms with Crippen molar-refractivity contribution in [2.24, 2.45) is 0 Å². The molecule has 2 aromatic rings. The molecule has 0 aromatic heterocycles. The van der Waals surface area contributed by atoms with Crippen LogP contribution in [0.2, 0.25) is 0 Å². The minimum atomic E-state index is 0.111. The maximum Gasteiger partial charge on any atom is 0.123 e. The molecule has 1 unspecified atom stereocenters. The summed E-state index contributed by atoms with van der Waals surface area (Å²) < 4.78 is 5.53. The van der Waals surface area contributed by atoms with Crippen molar-refractivity contribution < 1.29 is 4.74 Å². The summed E-state index contributed by atoms with van der Waals surface area (Å²) in [5, 5.41) is 3.40. The first-order chi connectivity index (χ1) is 10.1. The molecule has 2 aromatic carbocycles. The summed E-state index contributed by atoms with van der Waals surface area (Å²) in [6, 6.07) is 15.0. The molecule has 0 aliphatic carbocycles. The van der Waals surface area contributed by atoms with Crippen LogP contribution < -0.4 is 15.0 Å². The van der Waals surface area contributed by atoms with Gasteiger partial charge in [-0.05, 0) is 37.7 Å². The Labute approximate surface area is 127 Å². The van der Waals surface area contributed by atoms with E-state index in [2.05, 4.69) is 67.6 Å². The number of hydrogen-bond donors (Lipinski definition) is 1. The van der Waals surface area contributed by atoms with Crippen molar-refractivity contribution in [3.63, 3.8) is 0 Å². The molecule has 0 aliphatic heterocycles. The Morgan fingerprint density at radius 3 is 2.48 bits per heavy atom. The maximum absolute atomic E-state index is 5.53. The minimum absolute atomic E-state index is 0.111. The minimum Gasteiger partial charge on any atom is -0.496 e. The summed E-state index contributed by atoms with van der Waals surface area (Å²) in [6.07, 6.45) is 0. The molecule has 0 bridgehead atoms. The lowest BCUT2D eigenvalue weighted by Gasteiger charge is -2.22. The molecule has 21 heavy (non-hydrogen) atoms. The summed E-state index contributed by atoms with van der Waals surface area (Å²) in [5.41, 5.74) is 4.82. The zero-order valence-corrected chi connectivity index (χ0v) is 13.5. The van der Waals surface area contributed by atoms with Crippen LogP contribution in [-0.4, -0.2) is 28.3 Å². The fourth-order valence-electron chi connectivity index (χ4n) is 2.56. The van der Waals surface area contributed by atoms with Crippen molar-refractivity contribution in [2.45, 2.75) is 13.0 Å². The number of aryl methyl sites for hydroxylation is 1. The van der Waals surface area contributed by atoms with Crippen LogP contribution in [0.5, 0.6) is 5.75 Å². The fraction of sp³-hybridized carbons (Fsp3) is 0.333. The van der Waals surface area contributed by atoms with Gasteiger partial charge in [0.15, 0.2) is 0 Å². The lowest BCUT2D eigenvalue weighted by molar-refractivity contribution is 0.405. The molecular formula is C18H24N2O. The van der Waals surface area contributed by atoms with Crippen LogP contribution in [-0.2, 0) is 0 Å². The van der Waals surface area contributed by atoms with E-state index in [-0.39, 0.29) is 6.04 Å². The summed E-state index contributed by atoms with van der Waals surface area (Å²) >= 11 is 0. The van der Waals surface area contributed by atoms with Gasteiger partial charge in [-0.25, -0.2) is 0 Å². The van der Waals surface area contributed by atoms with E-state index in [0.29, 0.717) is 0 Å². The Balaban J connectivity index is 2.49. The largest absolute Gasteiger partial charge is 0.496 e. The number of nitrogens with zero attached hydrogens (tertiary/aromatic N) is 1. The molecule has 0 spiro atoms. The predicted octanol–water partition coefficient (Wildman–Crippen LogP) is 3.38. The maximum atomic E-state index is 5.53. The molecule has 0 fully saturated rings. The average molecular weight is 284 g/mol. The lowest BCUT2D eigenvalue weighted by Crippen LogP contribution is -2.19. The number of hydrogen-bond acceptors (Lipinski definition) is 3. The van der Waals surface area contributed by atoms with Gasteiger partial charge in [-0.3, -0.25) is 0 Å². The lowest BCUT2D eigenvalue weighted by atomic mass is 9.96. The van der Waals surface area contributed by atoms with Crippen molar-refractivity contribution in [1.82, 2.24) is 5.32 Å². The van der Waals surface area contributed by atoms with Gasteiger partial charge in [0.05, 0.1) is 13.2 Å². The quantitative estimate of drug-likeness (QED) is 0.911. The third-order valence-corrected chi connectivity index (χ3v) is 3.70. The first-order valence-corrected chi connectivity index (χ1v) is 7.16. The van der Waals surface area contributed by atoms with E-state index in [9.17, 15) is 0 Å². The highest BCUT2D eigenvalue weighted by Crippen LogP contribution is 2.32. The van der Waals surface area contributed by atoms with Crippen molar-refractivity contribution in [1.29, 1.82) is 0 Å². The van der Waals surface area contributed by atoms with E-state index in [4.69, 9.17) is 4.74 Å². The number of nitrogens with one attached hydrogen (secondary N) is 1. The van der Waals surface area contributed by atoms with Crippen LogP contribution in [0.4, 0.5) is 5.69 Å². The van der Waals surface area contributed by atoms with Gasteiger partial charge in [0, 0.05) is 25.3 Å². The average Bonchev–Trinajstić information content (AvgIpc) is 2.48. The molecule has 0 saturated heterocycles. The van der Waals surface area contributed by atoms with Crippen LogP contribution >= 0.6 is 0 Å². The van der Waals surface area contributed by atoms with E-state index in [1.54, 1.807) is 7.11 Å². The van der Waals surface area contributed by atoms with Gasteiger partial charge in [-0.2, -0.15) is 0 Å². The molecule has 0 aliphatic rings. The van der Waals surface area contributed by atoms with Crippen LogP contribution in [0.25, 0.3) is 0 Å². The van der Waals surface area contributed by atoms with Crippen LogP contribution in [0, 0.1) is 6.92 Å². The van der Waals surface area contributed by atoms with Crippen molar-refractivity contribution in [2.75, 3.05) is 33.2 Å². The molecule has 0 heterocycles. The molecule has 112 valence electrons. The molecule has 1 N–H and O–H groups in total. The highest BCUT2D eigenvalue weighted by molar-refractivity contribution is 5.51. The topological polar surface area (TPSA) is 24.5 Å². The van der Waals surface area contributed by atoms with Gasteiger partial charge >= 0.3 is 0 Å². The summed E-state index contributed by atoms with van der Waals surface area (Å²) in [6.45, 7) is 2.10. The number of benzene rings is 2. The van der Waals surface area contributed by atoms with E-state index >= 15 is 0 Å². The Hall–Kier alpha value is -2.00. The Morgan fingerprint density at radius 2 is 1.86 bits per heavy atom. The summed E-state index contributed by atoms with van der Waals surface area (Å²) in [5.74, 6) is 0.912. The highest BCUT2D eigenvalue weighted by Gasteiger charge is 2.17. The Morgan fingerprint density at radius 1 is 1.10 bits per heavy atom. The number of rotatable bonds is 5. The zero-order chi connectivity index (χ0) is 15.4. The molecule has 0 radical (unpaired) electrons. The van der Waals surface area contributed by atoms with Crippen LogP contribution in [0.15, 0.2) is 42.5 Å². The molecule has 3 nitrogen and oxygen atoms in total. The Bertz CT molecular complexity index is 608. The monoisotopic (exact) mass is 284 g/mol. The number of ether oxygens (including phenoxy) is 1. The number of anilines is 1. The SMILES string of the molecule is CNC(c1cccc(N(C)C)c1)c1cc(C)ccc1OC. The van der Waals surface area contributed by atoms with E-state index in [0.717, 1.165) is 11.3 Å². The van der Waals surface area contributed by atoms with Gasteiger partial charge in [0.25, 0.3) is 0 Å². The summed E-state index contributed by atoms with van der Waals surface area (Å²) in [7, 11) is 7.81. The second-order valence-electron chi connectivity index (χ2n) is 5.46. The van der Waals surface area contributed by atoms with E-state index in [1.165, 1.54) is 16.8 Å². The van der Waals surface area contributed by atoms with Gasteiger partial charge in [0.1, 0.15) is 5.75 Å². The van der Waals surface area contributed by atoms with Gasteiger partial charge in [-0.15, -0.1) is 0 Å². The van der Waals surface area contributed by atoms with Crippen LogP contribution in [0.3, 0.4) is 0 Å². The fourth-order valence-corrected chi connectivity index (χ4v) is 2.56. The molecule has 0 amide bonds. The smallest absolute Gasteiger partial charge is 0.123 e. The van der Waals surface area contributed by atoms with Crippen molar-refractivity contribution in [3.05, 3.63) is 59.2 Å². The van der Waals surface area contributed by atoms with E-state index < -0.39 is 0 Å². The first kappa shape index (κ1) is 15.4. The van der Waals surface area contributed by atoms with Gasteiger partial charge < -0.3 is 15.0 Å². The third-order valence-electron chi connectivity index (χ3n) is 3.70. The van der Waals surface area contributed by atoms with Crippen LogP contribution in [0.1, 0.15) is 22.7 Å². The molecule has 0 saturated carbocycles. The first-order valence-electron chi connectivity index (χ1n) is 7.16. The second-order valence-corrected chi connectivity index (χ2v) is 5.46. The van der Waals surface area contributed by atoms with Crippen molar-refractivity contribution in [3.8, 4) is 5.75 Å². The predicted molar refractivity (Wildman–Crippen MR) is 89.4 cm³/mol. The van der Waals surface area contributed by atoms with Gasteiger partial charge in [-0.1, -0.05) is 29.8 Å². The zero-order valence-electron chi connectivity index (χ0n) is 13.5. The standard InChI is InChI=1S/C18H24N2O/c1-13-9-10-17(21-5)16(11-13)18(19-2)14-7-6-8-15(12-14)20(3)4/h6-12,18-19H,1-5H3. The number of methoxy groups -OCH3 is 1. The van der Waals surface area contributed by atoms with E-state index in [1.807, 2.05) is 13.1 Å². The molecular weight excluding hydrogens is 260 g/mol. The van der Waals surface area contributed by atoms with Gasteiger partial charge in [0.2, 0.25) is 0 Å². The molecule has 3 heteroatoms. The highest BCUT2D eigenvalue weighted by atomic mass is 16.5. The third kappa shape index (κ3) is 3.37. The Kier molecular flexibility index (Phi) is 4.86. The van der Waals surface area contributed by atoms with Crippen molar-refractivity contribution >= 4 is 5.69 Å². The molecule has 2 rings (SSSR count). The second kappa shape index (κ2) is 6.64. The molecule has 1 atom stereocenters. The normalized spacial score (nSPS) is 12.0. The summed E-state index contributed by atoms with van der Waals surface area (Å²) in [4.78, 5) is 2.11.